The van der Waals surface area contributed by atoms with Crippen molar-refractivity contribution >= 4 is 63.4 Å². The lowest BCUT2D eigenvalue weighted by atomic mass is 9.99. The third kappa shape index (κ3) is 9.48. The van der Waals surface area contributed by atoms with Crippen LogP contribution >= 0.6 is 34.4 Å². The monoisotopic (exact) mass is 661 g/mol. The zero-order valence-corrected chi connectivity index (χ0v) is 24.7. The normalized spacial score (nSPS) is 12.6. The maximum absolute atomic E-state index is 12.9. The number of benzene rings is 3. The fourth-order valence-electron chi connectivity index (χ4n) is 3.80. The Kier molecular flexibility index (Phi) is 12.0. The van der Waals surface area contributed by atoms with Crippen LogP contribution in [0.25, 0.3) is 0 Å². The number of nitrogen functional groups attached to an aromatic ring is 1. The molecule has 8 nitrogen and oxygen atoms in total. The van der Waals surface area contributed by atoms with Gasteiger partial charge in [0.1, 0.15) is 5.75 Å². The molecular formula is C29H32IN3O5S. The van der Waals surface area contributed by atoms with Gasteiger partial charge in [0.2, 0.25) is 5.91 Å². The number of hydrogen-bond acceptors (Lipinski definition) is 7. The first-order valence-electron chi connectivity index (χ1n) is 12.3. The van der Waals surface area contributed by atoms with Crippen LogP contribution in [0.15, 0.2) is 83.8 Å². The van der Waals surface area contributed by atoms with Gasteiger partial charge in [-0.2, -0.15) is 0 Å². The van der Waals surface area contributed by atoms with Gasteiger partial charge in [0.15, 0.2) is 6.10 Å². The van der Waals surface area contributed by atoms with E-state index >= 15 is 0 Å². The second-order valence-corrected chi connectivity index (χ2v) is 10.6. The van der Waals surface area contributed by atoms with E-state index in [1.54, 1.807) is 72.4 Å². The van der Waals surface area contributed by atoms with E-state index in [0.29, 0.717) is 42.1 Å². The summed E-state index contributed by atoms with van der Waals surface area (Å²) in [4.78, 5) is 26.3. The molecule has 0 aliphatic carbocycles. The number of nitrogens with one attached hydrogen (secondary N) is 2. The number of nitrogens with two attached hydrogens (primary N) is 1. The summed E-state index contributed by atoms with van der Waals surface area (Å²) in [7, 11) is 0. The zero-order chi connectivity index (χ0) is 28.2. The number of hydrogen-bond donors (Lipinski definition) is 4. The molecule has 0 aliphatic rings. The Morgan fingerprint density at radius 3 is 2.54 bits per heavy atom. The highest BCUT2D eigenvalue weighted by Crippen LogP contribution is 2.34. The van der Waals surface area contributed by atoms with Crippen molar-refractivity contribution < 1.29 is 24.2 Å². The van der Waals surface area contributed by atoms with Crippen molar-refractivity contribution in [3.05, 3.63) is 88.0 Å². The highest BCUT2D eigenvalue weighted by atomic mass is 127. The molecular weight excluding hydrogens is 629 g/mol. The predicted molar refractivity (Wildman–Crippen MR) is 165 cm³/mol. The molecule has 3 aromatic rings. The van der Waals surface area contributed by atoms with Gasteiger partial charge >= 0.3 is 6.09 Å². The Bertz CT molecular complexity index is 1290. The number of phenols is 1. The topological polar surface area (TPSA) is 123 Å². The molecule has 0 saturated heterocycles. The highest BCUT2D eigenvalue weighted by Gasteiger charge is 2.30. The number of anilines is 3. The molecule has 2 amide bonds. The van der Waals surface area contributed by atoms with Crippen molar-refractivity contribution in [2.24, 2.45) is 0 Å². The Morgan fingerprint density at radius 2 is 1.85 bits per heavy atom. The van der Waals surface area contributed by atoms with E-state index < -0.39 is 18.3 Å². The molecule has 2 atom stereocenters. The van der Waals surface area contributed by atoms with Crippen LogP contribution in [0.5, 0.6) is 5.75 Å². The smallest absolute Gasteiger partial charge is 0.412 e. The summed E-state index contributed by atoms with van der Waals surface area (Å²) in [5.74, 6) is -0.312. The number of halogens is 1. The van der Waals surface area contributed by atoms with E-state index in [4.69, 9.17) is 15.2 Å². The Hall–Kier alpha value is -3.22. The van der Waals surface area contributed by atoms with Crippen LogP contribution in [0, 0.1) is 3.57 Å². The molecule has 0 fully saturated rings. The Balaban J connectivity index is 1.73. The SMILES string of the molecule is CCO[C@H](CC/C=C/C(=O)Nc1ccccc1N)[C@H](OC(=O)Nc1ccc(SC)cc1)c1cc(I)ccc1O. The van der Waals surface area contributed by atoms with Gasteiger partial charge in [-0.15, -0.1) is 11.8 Å². The number of phenolic OH excluding ortho intramolecular Hbond substituents is 1. The van der Waals surface area contributed by atoms with Gasteiger partial charge in [0.25, 0.3) is 0 Å². The molecule has 3 rings (SSSR count). The van der Waals surface area contributed by atoms with E-state index in [0.717, 1.165) is 8.47 Å². The molecule has 206 valence electrons. The summed E-state index contributed by atoms with van der Waals surface area (Å²) in [6.07, 6.45) is 3.87. The second-order valence-electron chi connectivity index (χ2n) is 8.43. The summed E-state index contributed by atoms with van der Waals surface area (Å²) in [6.45, 7) is 2.21. The van der Waals surface area contributed by atoms with Crippen LogP contribution in [0.2, 0.25) is 0 Å². The number of carbonyl (C=O) groups excluding carboxylic acids is 2. The summed E-state index contributed by atoms with van der Waals surface area (Å²) in [5, 5.41) is 16.1. The molecule has 0 spiro atoms. The van der Waals surface area contributed by atoms with Crippen LogP contribution in [0.3, 0.4) is 0 Å². The molecule has 39 heavy (non-hydrogen) atoms. The van der Waals surface area contributed by atoms with E-state index in [2.05, 4.69) is 33.2 Å². The van der Waals surface area contributed by atoms with Gasteiger partial charge in [-0.3, -0.25) is 10.1 Å². The fourth-order valence-corrected chi connectivity index (χ4v) is 4.73. The van der Waals surface area contributed by atoms with Crippen LogP contribution in [0.1, 0.15) is 31.4 Å². The zero-order valence-electron chi connectivity index (χ0n) is 21.7. The van der Waals surface area contributed by atoms with Crippen molar-refractivity contribution in [3.63, 3.8) is 0 Å². The molecule has 0 aliphatic heterocycles. The summed E-state index contributed by atoms with van der Waals surface area (Å²) in [6, 6.07) is 19.5. The summed E-state index contributed by atoms with van der Waals surface area (Å²) < 4.78 is 12.7. The number of amides is 2. The van der Waals surface area contributed by atoms with E-state index in [9.17, 15) is 14.7 Å². The Morgan fingerprint density at radius 1 is 1.10 bits per heavy atom. The van der Waals surface area contributed by atoms with Crippen LogP contribution < -0.4 is 16.4 Å². The lowest BCUT2D eigenvalue weighted by Crippen LogP contribution is -2.29. The number of aromatic hydroxyl groups is 1. The third-order valence-corrected chi connectivity index (χ3v) is 7.11. The largest absolute Gasteiger partial charge is 0.508 e. The van der Waals surface area contributed by atoms with Gasteiger partial charge in [-0.05, 0) is 109 Å². The van der Waals surface area contributed by atoms with Gasteiger partial charge in [0, 0.05) is 26.3 Å². The number of carbonyl (C=O) groups is 2. The van der Waals surface area contributed by atoms with Gasteiger partial charge in [-0.25, -0.2) is 4.79 Å². The van der Waals surface area contributed by atoms with Crippen molar-refractivity contribution in [1.29, 1.82) is 0 Å². The van der Waals surface area contributed by atoms with E-state index in [1.807, 2.05) is 25.3 Å². The van der Waals surface area contributed by atoms with Gasteiger partial charge in [-0.1, -0.05) is 18.2 Å². The minimum Gasteiger partial charge on any atom is -0.508 e. The number of para-hydroxylation sites is 2. The van der Waals surface area contributed by atoms with Crippen molar-refractivity contribution in [3.8, 4) is 5.75 Å². The second kappa shape index (κ2) is 15.4. The maximum Gasteiger partial charge on any atom is 0.412 e. The predicted octanol–water partition coefficient (Wildman–Crippen LogP) is 6.97. The molecule has 5 N–H and O–H groups in total. The van der Waals surface area contributed by atoms with Crippen LogP contribution in [0.4, 0.5) is 21.9 Å². The number of allylic oxidation sites excluding steroid dienone is 1. The van der Waals surface area contributed by atoms with E-state index in [-0.39, 0.29) is 11.7 Å². The third-order valence-electron chi connectivity index (χ3n) is 5.69. The molecule has 0 heterocycles. The maximum atomic E-state index is 12.9. The molecule has 0 unspecified atom stereocenters. The molecule has 3 aromatic carbocycles. The minimum absolute atomic E-state index is 0.00221. The molecule has 0 radical (unpaired) electrons. The van der Waals surface area contributed by atoms with Crippen molar-refractivity contribution in [2.45, 2.75) is 36.9 Å². The molecule has 10 heteroatoms. The first kappa shape index (κ1) is 30.3. The highest BCUT2D eigenvalue weighted by molar-refractivity contribution is 14.1. The first-order chi connectivity index (χ1) is 18.8. The standard InChI is InChI=1S/C29H32IN3O5S/c1-3-37-26(10-6-7-11-27(35)33-24-9-5-4-8-23(24)31)28(22-18-19(30)12-17-25(22)34)38-29(36)32-20-13-15-21(39-2)16-14-20/h4-5,7-9,11-18,26,28,34H,3,6,10,31H2,1-2H3,(H,32,36)(H,33,35)/b11-7+/t26-,28-/m1/s1. The van der Waals surface area contributed by atoms with Crippen LogP contribution in [-0.2, 0) is 14.3 Å². The van der Waals surface area contributed by atoms with Gasteiger partial charge < -0.3 is 25.6 Å². The lowest BCUT2D eigenvalue weighted by molar-refractivity contribution is -0.111. The quantitative estimate of drug-likeness (QED) is 0.0716. The fraction of sp³-hybridized carbons (Fsp3) is 0.241. The summed E-state index contributed by atoms with van der Waals surface area (Å²) >= 11 is 3.74. The molecule has 0 aromatic heterocycles. The van der Waals surface area contributed by atoms with Crippen molar-refractivity contribution in [2.75, 3.05) is 29.2 Å². The Labute approximate surface area is 246 Å². The molecule has 0 saturated carbocycles. The summed E-state index contributed by atoms with van der Waals surface area (Å²) in [5.41, 5.74) is 7.93. The first-order valence-corrected chi connectivity index (χ1v) is 14.6. The van der Waals surface area contributed by atoms with Gasteiger partial charge in [0.05, 0.1) is 17.5 Å². The number of thioether (sulfide) groups is 1. The number of rotatable bonds is 12. The average molecular weight is 662 g/mol. The minimum atomic E-state index is -0.892. The van der Waals surface area contributed by atoms with Crippen molar-refractivity contribution in [1.82, 2.24) is 0 Å². The number of ether oxygens (including phenoxy) is 2. The molecule has 0 bridgehead atoms. The van der Waals surface area contributed by atoms with E-state index in [1.165, 1.54) is 6.08 Å². The van der Waals surface area contributed by atoms with Crippen LogP contribution in [-0.4, -0.2) is 36.1 Å². The average Bonchev–Trinajstić information content (AvgIpc) is 2.92. The lowest BCUT2D eigenvalue weighted by Gasteiger charge is -2.28.